The Labute approximate surface area is 124 Å². The molecule has 6 nitrogen and oxygen atoms in total. The van der Waals surface area contributed by atoms with Crippen molar-refractivity contribution in [2.45, 2.75) is 25.5 Å². The number of nitrogens with zero attached hydrogens (tertiary/aromatic N) is 3. The molecule has 1 aromatic heterocycles. The number of guanidine groups is 1. The van der Waals surface area contributed by atoms with Crippen LogP contribution in [-0.2, 0) is 18.3 Å². The summed E-state index contributed by atoms with van der Waals surface area (Å²) in [5.41, 5.74) is 6.81. The smallest absolute Gasteiger partial charge is 0.189 e. The van der Waals surface area contributed by atoms with Crippen molar-refractivity contribution in [1.82, 2.24) is 15.1 Å². The molecule has 0 spiro atoms. The van der Waals surface area contributed by atoms with Crippen LogP contribution in [0.25, 0.3) is 0 Å². The molecule has 1 unspecified atom stereocenters. The highest BCUT2D eigenvalue weighted by atomic mass is 127. The molecule has 1 fully saturated rings. The van der Waals surface area contributed by atoms with Crippen LogP contribution in [-0.4, -0.2) is 35.0 Å². The molecule has 102 valence electrons. The van der Waals surface area contributed by atoms with E-state index in [1.807, 2.05) is 13.2 Å². The van der Waals surface area contributed by atoms with E-state index in [0.717, 1.165) is 31.6 Å². The van der Waals surface area contributed by atoms with Crippen LogP contribution in [0.4, 0.5) is 0 Å². The lowest BCUT2D eigenvalue weighted by atomic mass is 10.2. The Kier molecular flexibility index (Phi) is 6.41. The summed E-state index contributed by atoms with van der Waals surface area (Å²) in [5.74, 6) is 0.462. The Morgan fingerprint density at radius 1 is 1.72 bits per heavy atom. The molecular weight excluding hydrogens is 345 g/mol. The van der Waals surface area contributed by atoms with Gasteiger partial charge in [-0.15, -0.1) is 24.0 Å². The van der Waals surface area contributed by atoms with Crippen molar-refractivity contribution in [2.24, 2.45) is 17.8 Å². The summed E-state index contributed by atoms with van der Waals surface area (Å²) in [6.45, 7) is 2.15. The normalized spacial score (nSPS) is 19.6. The molecule has 1 aliphatic rings. The topological polar surface area (TPSA) is 77.5 Å². The molecular formula is C11H20IN5O. The van der Waals surface area contributed by atoms with Gasteiger partial charge in [-0.05, 0) is 12.8 Å². The van der Waals surface area contributed by atoms with Gasteiger partial charge in [-0.3, -0.25) is 4.68 Å². The number of nitrogens with two attached hydrogens (primary N) is 1. The molecule has 1 atom stereocenters. The van der Waals surface area contributed by atoms with E-state index in [2.05, 4.69) is 15.4 Å². The van der Waals surface area contributed by atoms with Crippen LogP contribution in [0.15, 0.2) is 17.4 Å². The monoisotopic (exact) mass is 365 g/mol. The number of rotatable bonds is 4. The van der Waals surface area contributed by atoms with E-state index in [-0.39, 0.29) is 30.1 Å². The van der Waals surface area contributed by atoms with E-state index >= 15 is 0 Å². The van der Waals surface area contributed by atoms with Gasteiger partial charge in [0.15, 0.2) is 5.96 Å². The zero-order valence-corrected chi connectivity index (χ0v) is 12.8. The van der Waals surface area contributed by atoms with Crippen molar-refractivity contribution in [1.29, 1.82) is 0 Å². The van der Waals surface area contributed by atoms with E-state index in [4.69, 9.17) is 10.5 Å². The molecule has 1 aliphatic heterocycles. The number of aryl methyl sites for hydroxylation is 1. The van der Waals surface area contributed by atoms with Crippen molar-refractivity contribution >= 4 is 29.9 Å². The molecule has 3 N–H and O–H groups in total. The van der Waals surface area contributed by atoms with Crippen LogP contribution >= 0.6 is 24.0 Å². The molecule has 0 bridgehead atoms. The van der Waals surface area contributed by atoms with Crippen molar-refractivity contribution in [2.75, 3.05) is 13.2 Å². The second kappa shape index (κ2) is 7.57. The summed E-state index contributed by atoms with van der Waals surface area (Å²) in [7, 11) is 1.88. The summed E-state index contributed by atoms with van der Waals surface area (Å²) in [5, 5.41) is 7.15. The average molecular weight is 365 g/mol. The lowest BCUT2D eigenvalue weighted by Gasteiger charge is -2.10. The lowest BCUT2D eigenvalue weighted by molar-refractivity contribution is 0.114. The standard InChI is InChI=1S/C11H19N5O.HI/c1-16-8-9(6-15-16)5-13-11(12)14-7-10-3-2-4-17-10;/h6,8,10H,2-5,7H2,1H3,(H3,12,13,14);1H. The van der Waals surface area contributed by atoms with E-state index in [9.17, 15) is 0 Å². The number of halogens is 1. The Hall–Kier alpha value is -0.830. The summed E-state index contributed by atoms with van der Waals surface area (Å²) in [4.78, 5) is 4.24. The van der Waals surface area contributed by atoms with Crippen molar-refractivity contribution < 1.29 is 4.74 Å². The van der Waals surface area contributed by atoms with Gasteiger partial charge >= 0.3 is 0 Å². The molecule has 1 saturated heterocycles. The van der Waals surface area contributed by atoms with Crippen molar-refractivity contribution in [3.05, 3.63) is 18.0 Å². The molecule has 7 heteroatoms. The minimum atomic E-state index is 0. The van der Waals surface area contributed by atoms with Gasteiger partial charge in [-0.25, -0.2) is 4.99 Å². The first-order valence-corrected chi connectivity index (χ1v) is 5.87. The Bertz CT molecular complexity index is 387. The van der Waals surface area contributed by atoms with Crippen molar-refractivity contribution in [3.63, 3.8) is 0 Å². The Morgan fingerprint density at radius 3 is 3.17 bits per heavy atom. The minimum Gasteiger partial charge on any atom is -0.376 e. The molecule has 0 aliphatic carbocycles. The van der Waals surface area contributed by atoms with Crippen LogP contribution in [0.1, 0.15) is 18.4 Å². The fraction of sp³-hybridized carbons (Fsp3) is 0.636. The molecule has 2 rings (SSSR count). The maximum absolute atomic E-state index is 5.76. The highest BCUT2D eigenvalue weighted by molar-refractivity contribution is 14.0. The third kappa shape index (κ3) is 4.81. The van der Waals surface area contributed by atoms with Crippen LogP contribution in [0.3, 0.4) is 0 Å². The van der Waals surface area contributed by atoms with E-state index in [0.29, 0.717) is 12.5 Å². The number of hydrogen-bond acceptors (Lipinski definition) is 3. The summed E-state index contributed by atoms with van der Waals surface area (Å²) in [6.07, 6.45) is 6.23. The molecule has 2 heterocycles. The van der Waals surface area contributed by atoms with Crippen LogP contribution in [0.2, 0.25) is 0 Å². The van der Waals surface area contributed by atoms with Gasteiger partial charge in [-0.2, -0.15) is 5.10 Å². The number of aromatic nitrogens is 2. The summed E-state index contributed by atoms with van der Waals surface area (Å²) in [6, 6.07) is 0. The molecule has 0 aromatic carbocycles. The number of hydrogen-bond donors (Lipinski definition) is 2. The zero-order chi connectivity index (χ0) is 12.1. The summed E-state index contributed by atoms with van der Waals surface area (Å²) >= 11 is 0. The molecule has 1 aromatic rings. The van der Waals surface area contributed by atoms with Crippen LogP contribution < -0.4 is 11.1 Å². The molecule has 18 heavy (non-hydrogen) atoms. The third-order valence-corrected chi connectivity index (χ3v) is 2.73. The second-order valence-electron chi connectivity index (χ2n) is 4.24. The van der Waals surface area contributed by atoms with Gasteiger partial charge in [0.05, 0.1) is 18.8 Å². The van der Waals surface area contributed by atoms with E-state index < -0.39 is 0 Å². The average Bonchev–Trinajstić information content (AvgIpc) is 2.95. The van der Waals surface area contributed by atoms with Gasteiger partial charge in [0.1, 0.15) is 0 Å². The Balaban J connectivity index is 0.00000162. The molecule has 0 amide bonds. The van der Waals surface area contributed by atoms with E-state index in [1.54, 1.807) is 10.9 Å². The van der Waals surface area contributed by atoms with E-state index in [1.165, 1.54) is 0 Å². The first kappa shape index (κ1) is 15.2. The van der Waals surface area contributed by atoms with Gasteiger partial charge in [0.2, 0.25) is 0 Å². The number of ether oxygens (including phenoxy) is 1. The predicted octanol–water partition coefficient (Wildman–Crippen LogP) is 0.621. The van der Waals surface area contributed by atoms with Gasteiger partial charge < -0.3 is 15.8 Å². The highest BCUT2D eigenvalue weighted by Crippen LogP contribution is 2.10. The van der Waals surface area contributed by atoms with Crippen LogP contribution in [0.5, 0.6) is 0 Å². The largest absolute Gasteiger partial charge is 0.376 e. The fourth-order valence-electron chi connectivity index (χ4n) is 1.81. The maximum atomic E-state index is 5.76. The molecule has 0 saturated carbocycles. The number of nitrogens with one attached hydrogen (secondary N) is 1. The first-order chi connectivity index (χ1) is 8.24. The maximum Gasteiger partial charge on any atom is 0.189 e. The first-order valence-electron chi connectivity index (χ1n) is 5.87. The lowest BCUT2D eigenvalue weighted by Crippen LogP contribution is -2.37. The number of aliphatic imine (C=N–C) groups is 1. The second-order valence-corrected chi connectivity index (χ2v) is 4.24. The zero-order valence-electron chi connectivity index (χ0n) is 10.5. The minimum absolute atomic E-state index is 0. The van der Waals surface area contributed by atoms with Gasteiger partial charge in [0.25, 0.3) is 0 Å². The fourth-order valence-corrected chi connectivity index (χ4v) is 1.81. The van der Waals surface area contributed by atoms with Gasteiger partial charge in [-0.1, -0.05) is 0 Å². The quantitative estimate of drug-likeness (QED) is 0.466. The SMILES string of the molecule is Cn1cc(CN=C(N)NCC2CCCO2)cn1.I. The van der Waals surface area contributed by atoms with Crippen LogP contribution in [0, 0.1) is 0 Å². The molecule has 0 radical (unpaired) electrons. The predicted molar refractivity (Wildman–Crippen MR) is 80.9 cm³/mol. The third-order valence-electron chi connectivity index (χ3n) is 2.73. The highest BCUT2D eigenvalue weighted by Gasteiger charge is 2.14. The van der Waals surface area contributed by atoms with Gasteiger partial charge in [0, 0.05) is 32.0 Å². The van der Waals surface area contributed by atoms with Crippen molar-refractivity contribution in [3.8, 4) is 0 Å². The Morgan fingerprint density at radius 2 is 2.56 bits per heavy atom. The summed E-state index contributed by atoms with van der Waals surface area (Å²) < 4.78 is 7.23.